The first-order valence-electron chi connectivity index (χ1n) is 9.22. The van der Waals surface area contributed by atoms with Gasteiger partial charge in [-0.15, -0.1) is 5.10 Å². The fourth-order valence-electron chi connectivity index (χ4n) is 4.61. The predicted molar refractivity (Wildman–Crippen MR) is 90.8 cm³/mol. The van der Waals surface area contributed by atoms with Crippen molar-refractivity contribution in [3.8, 4) is 11.3 Å². The summed E-state index contributed by atoms with van der Waals surface area (Å²) in [6.45, 7) is 7.79. The van der Waals surface area contributed by atoms with Gasteiger partial charge in [0.15, 0.2) is 0 Å². The van der Waals surface area contributed by atoms with Crippen molar-refractivity contribution in [2.75, 3.05) is 13.2 Å². The molecule has 0 amide bonds. The van der Waals surface area contributed by atoms with E-state index < -0.39 is 0 Å². The standard InChI is InChI=1S/C18H25N5O2/c1-17(2)15-5-18(6-15,25-17)12-23-10-16(20-21-23)14-7-19-22(9-14)8-13-3-4-24-11-13/h7,9-10,13,15H,3-6,8,11-12H2,1-2H3. The van der Waals surface area contributed by atoms with Crippen molar-refractivity contribution in [2.45, 2.75) is 57.4 Å². The molecule has 0 spiro atoms. The summed E-state index contributed by atoms with van der Waals surface area (Å²) in [7, 11) is 0. The van der Waals surface area contributed by atoms with Crippen LogP contribution in [-0.2, 0) is 22.6 Å². The summed E-state index contributed by atoms with van der Waals surface area (Å²) in [5, 5.41) is 13.1. The van der Waals surface area contributed by atoms with Gasteiger partial charge in [-0.25, -0.2) is 4.68 Å². The second-order valence-electron chi connectivity index (χ2n) is 8.48. The molecule has 1 saturated carbocycles. The van der Waals surface area contributed by atoms with Crippen LogP contribution in [0.2, 0.25) is 0 Å². The molecule has 134 valence electrons. The van der Waals surface area contributed by atoms with E-state index >= 15 is 0 Å². The van der Waals surface area contributed by atoms with E-state index in [1.807, 2.05) is 21.8 Å². The average Bonchev–Trinajstić information content (AvgIpc) is 3.28. The molecule has 6 rings (SSSR count). The zero-order valence-electron chi connectivity index (χ0n) is 14.9. The van der Waals surface area contributed by atoms with Gasteiger partial charge >= 0.3 is 0 Å². The minimum atomic E-state index is -0.0359. The van der Waals surface area contributed by atoms with Crippen LogP contribution in [0.5, 0.6) is 0 Å². The lowest BCUT2D eigenvalue weighted by atomic mass is 9.69. The molecular formula is C18H25N5O2. The van der Waals surface area contributed by atoms with E-state index in [1.54, 1.807) is 0 Å². The van der Waals surface area contributed by atoms with E-state index in [0.29, 0.717) is 11.8 Å². The Hall–Kier alpha value is -1.73. The number of nitrogens with zero attached hydrogens (tertiary/aromatic N) is 5. The molecule has 7 nitrogen and oxygen atoms in total. The van der Waals surface area contributed by atoms with Crippen molar-refractivity contribution in [2.24, 2.45) is 11.8 Å². The Morgan fingerprint density at radius 1 is 1.24 bits per heavy atom. The maximum absolute atomic E-state index is 6.29. The van der Waals surface area contributed by atoms with Crippen LogP contribution in [0.4, 0.5) is 0 Å². The van der Waals surface area contributed by atoms with Crippen molar-refractivity contribution < 1.29 is 9.47 Å². The monoisotopic (exact) mass is 343 g/mol. The summed E-state index contributed by atoms with van der Waals surface area (Å²) < 4.78 is 15.6. The zero-order valence-corrected chi connectivity index (χ0v) is 14.9. The molecule has 1 unspecified atom stereocenters. The third kappa shape index (κ3) is 2.69. The lowest BCUT2D eigenvalue weighted by molar-refractivity contribution is -0.0675. The number of ether oxygens (including phenoxy) is 2. The SMILES string of the molecule is CC1(C)OC2(Cn3cc(-c4cnn(CC5CCOC5)c4)nn3)CC1C2. The van der Waals surface area contributed by atoms with Crippen molar-refractivity contribution in [3.63, 3.8) is 0 Å². The van der Waals surface area contributed by atoms with Crippen LogP contribution in [-0.4, -0.2) is 49.2 Å². The van der Waals surface area contributed by atoms with Gasteiger partial charge in [0, 0.05) is 30.8 Å². The molecule has 1 aliphatic carbocycles. The lowest BCUT2D eigenvalue weighted by Crippen LogP contribution is -2.41. The maximum atomic E-state index is 6.29. The van der Waals surface area contributed by atoms with E-state index in [1.165, 1.54) is 0 Å². The van der Waals surface area contributed by atoms with Crippen LogP contribution in [0.25, 0.3) is 11.3 Å². The second kappa shape index (κ2) is 5.38. The summed E-state index contributed by atoms with van der Waals surface area (Å²) in [6, 6.07) is 0. The second-order valence-corrected chi connectivity index (χ2v) is 8.48. The van der Waals surface area contributed by atoms with Crippen LogP contribution in [0.1, 0.15) is 33.1 Å². The van der Waals surface area contributed by atoms with E-state index in [2.05, 4.69) is 35.5 Å². The van der Waals surface area contributed by atoms with Crippen molar-refractivity contribution in [1.82, 2.24) is 24.8 Å². The molecule has 2 bridgehead atoms. The van der Waals surface area contributed by atoms with Crippen LogP contribution in [0.3, 0.4) is 0 Å². The Morgan fingerprint density at radius 3 is 2.84 bits per heavy atom. The van der Waals surface area contributed by atoms with E-state index in [0.717, 1.165) is 56.8 Å². The molecule has 25 heavy (non-hydrogen) atoms. The summed E-state index contributed by atoms with van der Waals surface area (Å²) >= 11 is 0. The highest BCUT2D eigenvalue weighted by molar-refractivity contribution is 5.55. The van der Waals surface area contributed by atoms with Crippen LogP contribution < -0.4 is 0 Å². The van der Waals surface area contributed by atoms with Gasteiger partial charge in [0.1, 0.15) is 5.69 Å². The molecular weight excluding hydrogens is 318 g/mol. The topological polar surface area (TPSA) is 67.0 Å². The number of hydrogen-bond donors (Lipinski definition) is 0. The molecule has 4 fully saturated rings. The number of fused-ring (bicyclic) bond motifs is 1. The minimum Gasteiger partial charge on any atom is -0.381 e. The highest BCUT2D eigenvalue weighted by Crippen LogP contribution is 2.58. The molecule has 1 atom stereocenters. The van der Waals surface area contributed by atoms with Gasteiger partial charge < -0.3 is 9.47 Å². The molecule has 4 aliphatic rings. The molecule has 5 heterocycles. The van der Waals surface area contributed by atoms with Crippen LogP contribution >= 0.6 is 0 Å². The van der Waals surface area contributed by atoms with Gasteiger partial charge in [0.05, 0.1) is 36.7 Å². The molecule has 7 heteroatoms. The Bertz CT molecular complexity index is 768. The maximum Gasteiger partial charge on any atom is 0.116 e. The van der Waals surface area contributed by atoms with Gasteiger partial charge in [-0.05, 0) is 39.0 Å². The Kier molecular flexibility index (Phi) is 3.34. The Morgan fingerprint density at radius 2 is 2.12 bits per heavy atom. The first-order valence-corrected chi connectivity index (χ1v) is 9.22. The first-order chi connectivity index (χ1) is 12.0. The first kappa shape index (κ1) is 15.5. The smallest absolute Gasteiger partial charge is 0.116 e. The average molecular weight is 343 g/mol. The highest BCUT2D eigenvalue weighted by atomic mass is 16.5. The number of rotatable bonds is 5. The fraction of sp³-hybridized carbons (Fsp3) is 0.722. The zero-order chi connectivity index (χ0) is 17.1. The summed E-state index contributed by atoms with van der Waals surface area (Å²) in [6.07, 6.45) is 9.32. The van der Waals surface area contributed by atoms with Gasteiger partial charge in [0.25, 0.3) is 0 Å². The van der Waals surface area contributed by atoms with E-state index in [-0.39, 0.29) is 11.2 Å². The largest absolute Gasteiger partial charge is 0.381 e. The van der Waals surface area contributed by atoms with Gasteiger partial charge in [0.2, 0.25) is 0 Å². The van der Waals surface area contributed by atoms with Crippen molar-refractivity contribution in [3.05, 3.63) is 18.6 Å². The third-order valence-electron chi connectivity index (χ3n) is 6.09. The molecule has 3 aliphatic heterocycles. The molecule has 0 N–H and O–H groups in total. The Balaban J connectivity index is 1.26. The molecule has 0 radical (unpaired) electrons. The summed E-state index contributed by atoms with van der Waals surface area (Å²) in [5.74, 6) is 1.25. The van der Waals surface area contributed by atoms with E-state index in [9.17, 15) is 0 Å². The normalized spacial score (nSPS) is 32.9. The predicted octanol–water partition coefficient (Wildman–Crippen LogP) is 2.14. The number of aromatic nitrogens is 5. The van der Waals surface area contributed by atoms with Crippen molar-refractivity contribution in [1.29, 1.82) is 0 Å². The fourth-order valence-corrected chi connectivity index (χ4v) is 4.61. The summed E-state index contributed by atoms with van der Waals surface area (Å²) in [4.78, 5) is 0. The van der Waals surface area contributed by atoms with Crippen molar-refractivity contribution >= 4 is 0 Å². The third-order valence-corrected chi connectivity index (χ3v) is 6.09. The quantitative estimate of drug-likeness (QED) is 0.832. The molecule has 2 aromatic rings. The number of hydrogen-bond acceptors (Lipinski definition) is 5. The molecule has 0 aromatic carbocycles. The van der Waals surface area contributed by atoms with Gasteiger partial charge in [-0.3, -0.25) is 4.68 Å². The van der Waals surface area contributed by atoms with Gasteiger partial charge in [-0.1, -0.05) is 5.21 Å². The molecule has 2 aromatic heterocycles. The van der Waals surface area contributed by atoms with E-state index in [4.69, 9.17) is 9.47 Å². The summed E-state index contributed by atoms with van der Waals surface area (Å²) in [5.41, 5.74) is 1.86. The highest BCUT2D eigenvalue weighted by Gasteiger charge is 2.61. The lowest BCUT2D eigenvalue weighted by Gasteiger charge is -2.35. The minimum absolute atomic E-state index is 0.00844. The van der Waals surface area contributed by atoms with Crippen LogP contribution in [0, 0.1) is 11.8 Å². The van der Waals surface area contributed by atoms with Gasteiger partial charge in [-0.2, -0.15) is 5.10 Å². The molecule has 3 saturated heterocycles. The van der Waals surface area contributed by atoms with Crippen LogP contribution in [0.15, 0.2) is 18.6 Å². The Labute approximate surface area is 147 Å².